The first-order valence-electron chi connectivity index (χ1n) is 7.20. The van der Waals surface area contributed by atoms with Gasteiger partial charge in [-0.25, -0.2) is 18.9 Å². The van der Waals surface area contributed by atoms with Gasteiger partial charge in [0.15, 0.2) is 0 Å². The molecule has 0 aliphatic carbocycles. The van der Waals surface area contributed by atoms with Crippen LogP contribution >= 0.6 is 34.8 Å². The van der Waals surface area contributed by atoms with E-state index in [2.05, 4.69) is 15.4 Å². The fraction of sp³-hybridized carbons (Fsp3) is 0.200. The van der Waals surface area contributed by atoms with Crippen LogP contribution in [-0.2, 0) is 11.3 Å². The highest BCUT2D eigenvalue weighted by molar-refractivity contribution is 6.42. The highest BCUT2D eigenvalue weighted by Crippen LogP contribution is 2.25. The molecule has 25 heavy (non-hydrogen) atoms. The van der Waals surface area contributed by atoms with Gasteiger partial charge in [-0.1, -0.05) is 40.9 Å². The zero-order valence-electron chi connectivity index (χ0n) is 12.9. The molecule has 0 bridgehead atoms. The molecule has 7 nitrogen and oxygen atoms in total. The quantitative estimate of drug-likeness (QED) is 0.730. The van der Waals surface area contributed by atoms with Gasteiger partial charge in [0.2, 0.25) is 5.91 Å². The minimum Gasteiger partial charge on any atom is -0.348 e. The maximum Gasteiger partial charge on any atom is 0.352 e. The molecular weight excluding hydrogens is 389 g/mol. The number of halogens is 3. The summed E-state index contributed by atoms with van der Waals surface area (Å²) < 4.78 is 2.20. The van der Waals surface area contributed by atoms with Crippen molar-refractivity contribution in [3.05, 3.63) is 61.7 Å². The molecule has 0 aliphatic heterocycles. The van der Waals surface area contributed by atoms with Gasteiger partial charge in [-0.15, -0.1) is 5.10 Å². The van der Waals surface area contributed by atoms with E-state index in [-0.39, 0.29) is 24.3 Å². The van der Waals surface area contributed by atoms with E-state index < -0.39 is 5.69 Å². The topological polar surface area (TPSA) is 81.3 Å². The van der Waals surface area contributed by atoms with Crippen LogP contribution in [0, 0.1) is 0 Å². The van der Waals surface area contributed by atoms with E-state index in [0.717, 1.165) is 10.2 Å². The second-order valence-electron chi connectivity index (χ2n) is 5.35. The van der Waals surface area contributed by atoms with E-state index in [4.69, 9.17) is 34.8 Å². The number of fused-ring (bicyclic) bond motifs is 1. The van der Waals surface area contributed by atoms with Crippen molar-refractivity contribution in [3.63, 3.8) is 0 Å². The molecule has 2 heterocycles. The number of nitrogens with one attached hydrogen (secondary N) is 1. The van der Waals surface area contributed by atoms with Crippen molar-refractivity contribution in [1.82, 2.24) is 24.5 Å². The molecule has 130 valence electrons. The molecule has 3 aromatic rings. The molecule has 1 aromatic carbocycles. The number of carbonyl (C=O) groups is 1. The predicted molar refractivity (Wildman–Crippen MR) is 95.3 cm³/mol. The number of rotatable bonds is 4. The summed E-state index contributed by atoms with van der Waals surface area (Å²) in [6, 6.07) is 4.78. The maximum atomic E-state index is 12.2. The van der Waals surface area contributed by atoms with Crippen LogP contribution in [0.15, 0.2) is 35.4 Å². The number of nitrogens with zero attached hydrogens (tertiary/aromatic N) is 4. The van der Waals surface area contributed by atoms with Crippen molar-refractivity contribution < 1.29 is 4.79 Å². The average molecular weight is 401 g/mol. The van der Waals surface area contributed by atoms with Gasteiger partial charge >= 0.3 is 5.69 Å². The minimum absolute atomic E-state index is 0.166. The van der Waals surface area contributed by atoms with E-state index in [1.165, 1.54) is 16.8 Å². The predicted octanol–water partition coefficient (Wildman–Crippen LogP) is 2.73. The zero-order chi connectivity index (χ0) is 18.1. The number of hydrogen-bond donors (Lipinski definition) is 1. The molecule has 3 rings (SSSR count). The highest BCUT2D eigenvalue weighted by Gasteiger charge is 2.15. The lowest BCUT2D eigenvalue weighted by Gasteiger charge is -2.14. The largest absolute Gasteiger partial charge is 0.352 e. The highest BCUT2D eigenvalue weighted by atomic mass is 35.5. The summed E-state index contributed by atoms with van der Waals surface area (Å²) in [5, 5.41) is 7.91. The summed E-state index contributed by atoms with van der Waals surface area (Å²) in [7, 11) is 0. The first-order chi connectivity index (χ1) is 11.8. The van der Waals surface area contributed by atoms with Crippen molar-refractivity contribution >= 4 is 46.5 Å². The van der Waals surface area contributed by atoms with Crippen LogP contribution in [0.4, 0.5) is 0 Å². The molecule has 0 radical (unpaired) electrons. The molecule has 1 atom stereocenters. The van der Waals surface area contributed by atoms with Gasteiger partial charge in [-0.2, -0.15) is 0 Å². The number of benzene rings is 1. The Balaban J connectivity index is 1.75. The first-order valence-corrected chi connectivity index (χ1v) is 8.33. The fourth-order valence-corrected chi connectivity index (χ4v) is 2.73. The number of carbonyl (C=O) groups excluding carboxylic acids is 1. The molecule has 0 saturated heterocycles. The van der Waals surface area contributed by atoms with Gasteiger partial charge in [-0.05, 0) is 24.6 Å². The Bertz CT molecular complexity index is 1010. The third kappa shape index (κ3) is 3.78. The Hall–Kier alpha value is -2.09. The second kappa shape index (κ2) is 7.03. The van der Waals surface area contributed by atoms with E-state index >= 15 is 0 Å². The Labute approximate surface area is 157 Å². The molecule has 10 heteroatoms. The first kappa shape index (κ1) is 17.7. The fourth-order valence-electron chi connectivity index (χ4n) is 2.28. The molecule has 0 saturated carbocycles. The molecule has 0 fully saturated rings. The van der Waals surface area contributed by atoms with E-state index in [0.29, 0.717) is 15.1 Å². The average Bonchev–Trinajstić information content (AvgIpc) is 2.86. The van der Waals surface area contributed by atoms with Crippen LogP contribution in [0.3, 0.4) is 0 Å². The zero-order valence-corrected chi connectivity index (χ0v) is 15.2. The van der Waals surface area contributed by atoms with Gasteiger partial charge in [0.25, 0.3) is 5.78 Å². The normalized spacial score (nSPS) is 12.3. The van der Waals surface area contributed by atoms with Gasteiger partial charge in [0.05, 0.1) is 27.3 Å². The Morgan fingerprint density at radius 2 is 2.04 bits per heavy atom. The molecule has 0 aliphatic rings. The summed E-state index contributed by atoms with van der Waals surface area (Å²) in [6.07, 6.45) is 2.77. The Morgan fingerprint density at radius 3 is 2.76 bits per heavy atom. The Morgan fingerprint density at radius 1 is 1.28 bits per heavy atom. The molecular formula is C15H12Cl3N5O2. The third-order valence-corrected chi connectivity index (χ3v) is 4.46. The summed E-state index contributed by atoms with van der Waals surface area (Å²) in [5.74, 6) is -0.213. The van der Waals surface area contributed by atoms with Crippen LogP contribution in [0.2, 0.25) is 15.1 Å². The van der Waals surface area contributed by atoms with Crippen LogP contribution in [-0.4, -0.2) is 25.1 Å². The molecule has 1 amide bonds. The summed E-state index contributed by atoms with van der Waals surface area (Å²) in [5.41, 5.74) is 0.292. The number of hydrogen-bond acceptors (Lipinski definition) is 4. The lowest BCUT2D eigenvalue weighted by Crippen LogP contribution is -2.34. The van der Waals surface area contributed by atoms with E-state index in [9.17, 15) is 9.59 Å². The number of aromatic nitrogens is 4. The van der Waals surface area contributed by atoms with Crippen LogP contribution in [0.25, 0.3) is 5.78 Å². The molecule has 1 N–H and O–H groups in total. The van der Waals surface area contributed by atoms with Gasteiger partial charge in [0.1, 0.15) is 6.54 Å². The van der Waals surface area contributed by atoms with Crippen LogP contribution in [0.5, 0.6) is 0 Å². The minimum atomic E-state index is -0.498. The van der Waals surface area contributed by atoms with Gasteiger partial charge in [-0.3, -0.25) is 4.79 Å². The van der Waals surface area contributed by atoms with E-state index in [1.54, 1.807) is 25.1 Å². The lowest BCUT2D eigenvalue weighted by atomic mass is 10.1. The smallest absolute Gasteiger partial charge is 0.348 e. The molecule has 0 spiro atoms. The van der Waals surface area contributed by atoms with E-state index in [1.807, 2.05) is 0 Å². The standard InChI is InChI=1S/C15H12Cl3N5O2/c1-8(9-2-3-11(17)12(18)4-9)20-13(24)7-23-15(25)22-6-10(16)5-19-14(22)21-23/h2-6,8H,7H2,1H3,(H,20,24)/t8-/m0/s1. The van der Waals surface area contributed by atoms with Crippen molar-refractivity contribution in [2.45, 2.75) is 19.5 Å². The van der Waals surface area contributed by atoms with Crippen molar-refractivity contribution in [3.8, 4) is 0 Å². The van der Waals surface area contributed by atoms with Crippen LogP contribution < -0.4 is 11.0 Å². The van der Waals surface area contributed by atoms with Crippen molar-refractivity contribution in [2.24, 2.45) is 0 Å². The van der Waals surface area contributed by atoms with Gasteiger partial charge in [0, 0.05) is 6.20 Å². The second-order valence-corrected chi connectivity index (χ2v) is 6.60. The summed E-state index contributed by atoms with van der Waals surface area (Å²) >= 11 is 17.7. The SMILES string of the molecule is C[C@H](NC(=O)Cn1nc2ncc(Cl)cn2c1=O)c1ccc(Cl)c(Cl)c1. The molecule has 0 unspecified atom stereocenters. The monoisotopic (exact) mass is 399 g/mol. The van der Waals surface area contributed by atoms with Crippen LogP contribution in [0.1, 0.15) is 18.5 Å². The maximum absolute atomic E-state index is 12.2. The Kier molecular flexibility index (Phi) is 4.99. The molecule has 2 aromatic heterocycles. The summed E-state index contributed by atoms with van der Waals surface area (Å²) in [6.45, 7) is 1.55. The van der Waals surface area contributed by atoms with Gasteiger partial charge < -0.3 is 5.32 Å². The number of amides is 1. The summed E-state index contributed by atoms with van der Waals surface area (Å²) in [4.78, 5) is 28.4. The third-order valence-electron chi connectivity index (χ3n) is 3.52. The van der Waals surface area contributed by atoms with Crippen molar-refractivity contribution in [2.75, 3.05) is 0 Å². The lowest BCUT2D eigenvalue weighted by molar-refractivity contribution is -0.122. The van der Waals surface area contributed by atoms with Crippen molar-refractivity contribution in [1.29, 1.82) is 0 Å².